The Labute approximate surface area is 79.7 Å². The summed E-state index contributed by atoms with van der Waals surface area (Å²) in [6.07, 6.45) is 4.24. The molecule has 1 saturated heterocycles. The van der Waals surface area contributed by atoms with Crippen molar-refractivity contribution in [3.05, 3.63) is 0 Å². The summed E-state index contributed by atoms with van der Waals surface area (Å²) in [6.45, 7) is 4.77. The van der Waals surface area contributed by atoms with Crippen molar-refractivity contribution in [2.24, 2.45) is 5.41 Å². The van der Waals surface area contributed by atoms with Crippen molar-refractivity contribution in [1.29, 1.82) is 0 Å². The molecule has 2 aliphatic rings. The molecule has 0 spiro atoms. The van der Waals surface area contributed by atoms with E-state index in [1.165, 1.54) is 30.8 Å². The Morgan fingerprint density at radius 3 is 2.75 bits per heavy atom. The molecule has 2 rings (SSSR count). The second-order valence-corrected chi connectivity index (χ2v) is 5.75. The van der Waals surface area contributed by atoms with Crippen LogP contribution >= 0.6 is 11.8 Å². The van der Waals surface area contributed by atoms with Crippen molar-refractivity contribution < 1.29 is 0 Å². The van der Waals surface area contributed by atoms with Gasteiger partial charge in [0.1, 0.15) is 0 Å². The highest BCUT2D eigenvalue weighted by atomic mass is 32.2. The van der Waals surface area contributed by atoms with E-state index in [1.807, 2.05) is 0 Å². The molecule has 2 fully saturated rings. The molecule has 0 radical (unpaired) electrons. The summed E-state index contributed by atoms with van der Waals surface area (Å²) in [6, 6.07) is 1.55. The molecule has 2 atom stereocenters. The van der Waals surface area contributed by atoms with Gasteiger partial charge in [0, 0.05) is 17.8 Å². The van der Waals surface area contributed by atoms with Crippen molar-refractivity contribution in [3.63, 3.8) is 0 Å². The van der Waals surface area contributed by atoms with Gasteiger partial charge in [0.2, 0.25) is 0 Å². The number of hydrogen-bond acceptors (Lipinski definition) is 2. The van der Waals surface area contributed by atoms with E-state index in [2.05, 4.69) is 30.9 Å². The lowest BCUT2D eigenvalue weighted by molar-refractivity contribution is 0.349. The average molecular weight is 185 g/mol. The summed E-state index contributed by atoms with van der Waals surface area (Å²) in [7, 11) is 0. The maximum absolute atomic E-state index is 3.76. The van der Waals surface area contributed by atoms with E-state index in [9.17, 15) is 0 Å². The molecular weight excluding hydrogens is 166 g/mol. The van der Waals surface area contributed by atoms with E-state index in [4.69, 9.17) is 0 Å². The maximum Gasteiger partial charge on any atom is 0.0168 e. The quantitative estimate of drug-likeness (QED) is 0.724. The van der Waals surface area contributed by atoms with Crippen molar-refractivity contribution in [2.75, 3.05) is 11.5 Å². The van der Waals surface area contributed by atoms with Crippen LogP contribution in [0, 0.1) is 5.41 Å². The third kappa shape index (κ3) is 1.80. The Hall–Kier alpha value is 0.310. The number of rotatable bonds is 3. The van der Waals surface area contributed by atoms with E-state index >= 15 is 0 Å². The zero-order chi connectivity index (χ0) is 8.60. The fourth-order valence-electron chi connectivity index (χ4n) is 1.85. The van der Waals surface area contributed by atoms with Crippen LogP contribution in [0.15, 0.2) is 0 Å². The first-order chi connectivity index (χ1) is 5.71. The molecule has 0 amide bonds. The lowest BCUT2D eigenvalue weighted by atomic mass is 10.00. The van der Waals surface area contributed by atoms with Gasteiger partial charge in [0.05, 0.1) is 0 Å². The highest BCUT2D eigenvalue weighted by Crippen LogP contribution is 2.48. The van der Waals surface area contributed by atoms with Crippen LogP contribution in [0.3, 0.4) is 0 Å². The van der Waals surface area contributed by atoms with Crippen LogP contribution in [0.2, 0.25) is 0 Å². The molecule has 0 bridgehead atoms. The first kappa shape index (κ1) is 8.89. The molecule has 0 aromatic heterocycles. The van der Waals surface area contributed by atoms with Gasteiger partial charge in [-0.2, -0.15) is 11.8 Å². The van der Waals surface area contributed by atoms with Gasteiger partial charge in [-0.3, -0.25) is 0 Å². The highest BCUT2D eigenvalue weighted by molar-refractivity contribution is 7.99. The van der Waals surface area contributed by atoms with E-state index < -0.39 is 0 Å². The number of thioether (sulfide) groups is 1. The smallest absolute Gasteiger partial charge is 0.0168 e. The fourth-order valence-corrected chi connectivity index (χ4v) is 3.02. The molecular formula is C10H19NS. The number of nitrogens with one attached hydrogen (secondary N) is 1. The Balaban J connectivity index is 1.78. The summed E-state index contributed by atoms with van der Waals surface area (Å²) in [5.41, 5.74) is 0.646. The second kappa shape index (κ2) is 3.22. The zero-order valence-corrected chi connectivity index (χ0v) is 8.91. The van der Waals surface area contributed by atoms with Gasteiger partial charge in [-0.1, -0.05) is 6.92 Å². The molecule has 0 aromatic carbocycles. The van der Waals surface area contributed by atoms with E-state index in [1.54, 1.807) is 0 Å². The lowest BCUT2D eigenvalue weighted by Crippen LogP contribution is -2.41. The lowest BCUT2D eigenvalue weighted by Gasteiger charge is -2.24. The van der Waals surface area contributed by atoms with Crippen molar-refractivity contribution in [1.82, 2.24) is 5.32 Å². The van der Waals surface area contributed by atoms with Crippen LogP contribution < -0.4 is 5.32 Å². The molecule has 0 aromatic rings. The fraction of sp³-hybridized carbons (Fsp3) is 1.00. The first-order valence-corrected chi connectivity index (χ1v) is 6.20. The van der Waals surface area contributed by atoms with Crippen LogP contribution in [-0.2, 0) is 0 Å². The van der Waals surface area contributed by atoms with Gasteiger partial charge < -0.3 is 5.32 Å². The third-order valence-electron chi connectivity index (χ3n) is 3.50. The Morgan fingerprint density at radius 2 is 2.25 bits per heavy atom. The molecule has 2 unspecified atom stereocenters. The molecule has 1 N–H and O–H groups in total. The van der Waals surface area contributed by atoms with E-state index in [0.717, 1.165) is 12.1 Å². The zero-order valence-electron chi connectivity index (χ0n) is 8.10. The standard InChI is InChI=1S/C10H19NS/c1-8(10(2)4-5-10)11-9-3-6-12-7-9/h8-9,11H,3-7H2,1-2H3. The van der Waals surface area contributed by atoms with Crippen molar-refractivity contribution in [2.45, 2.75) is 45.2 Å². The summed E-state index contributed by atoms with van der Waals surface area (Å²) >= 11 is 2.09. The summed E-state index contributed by atoms with van der Waals surface area (Å²) in [5, 5.41) is 3.76. The highest BCUT2D eigenvalue weighted by Gasteiger charge is 2.43. The van der Waals surface area contributed by atoms with Crippen LogP contribution in [0.1, 0.15) is 33.1 Å². The molecule has 12 heavy (non-hydrogen) atoms. The van der Waals surface area contributed by atoms with Gasteiger partial charge in [0.15, 0.2) is 0 Å². The number of hydrogen-bond donors (Lipinski definition) is 1. The monoisotopic (exact) mass is 185 g/mol. The van der Waals surface area contributed by atoms with Gasteiger partial charge in [0.25, 0.3) is 0 Å². The van der Waals surface area contributed by atoms with E-state index in [0.29, 0.717) is 5.41 Å². The predicted molar refractivity (Wildman–Crippen MR) is 55.7 cm³/mol. The molecule has 70 valence electrons. The van der Waals surface area contributed by atoms with Crippen LogP contribution in [0.25, 0.3) is 0 Å². The second-order valence-electron chi connectivity index (χ2n) is 4.60. The summed E-state index contributed by atoms with van der Waals surface area (Å²) in [4.78, 5) is 0. The first-order valence-electron chi connectivity index (χ1n) is 5.04. The van der Waals surface area contributed by atoms with Crippen molar-refractivity contribution >= 4 is 11.8 Å². The normalized spacial score (nSPS) is 35.0. The van der Waals surface area contributed by atoms with Gasteiger partial charge >= 0.3 is 0 Å². The molecule has 1 aliphatic heterocycles. The van der Waals surface area contributed by atoms with Gasteiger partial charge in [-0.15, -0.1) is 0 Å². The van der Waals surface area contributed by atoms with Crippen LogP contribution in [0.4, 0.5) is 0 Å². The predicted octanol–water partition coefficient (Wildman–Crippen LogP) is 2.27. The Kier molecular flexibility index (Phi) is 2.39. The van der Waals surface area contributed by atoms with Crippen LogP contribution in [0.5, 0.6) is 0 Å². The van der Waals surface area contributed by atoms with Gasteiger partial charge in [-0.25, -0.2) is 0 Å². The largest absolute Gasteiger partial charge is 0.310 e. The van der Waals surface area contributed by atoms with Crippen molar-refractivity contribution in [3.8, 4) is 0 Å². The maximum atomic E-state index is 3.76. The minimum Gasteiger partial charge on any atom is -0.310 e. The van der Waals surface area contributed by atoms with Crippen LogP contribution in [-0.4, -0.2) is 23.6 Å². The minimum absolute atomic E-state index is 0.646. The minimum atomic E-state index is 0.646. The molecule has 1 saturated carbocycles. The van der Waals surface area contributed by atoms with E-state index in [-0.39, 0.29) is 0 Å². The third-order valence-corrected chi connectivity index (χ3v) is 4.66. The molecule has 2 heteroatoms. The summed E-state index contributed by atoms with van der Waals surface area (Å²) < 4.78 is 0. The Bertz CT molecular complexity index is 159. The summed E-state index contributed by atoms with van der Waals surface area (Å²) in [5.74, 6) is 2.70. The molecule has 1 aliphatic carbocycles. The average Bonchev–Trinajstić information content (AvgIpc) is 2.63. The topological polar surface area (TPSA) is 12.0 Å². The Morgan fingerprint density at radius 1 is 1.50 bits per heavy atom. The van der Waals surface area contributed by atoms with Gasteiger partial charge in [-0.05, 0) is 37.4 Å². The molecule has 1 nitrogen and oxygen atoms in total. The SMILES string of the molecule is CC(NC1CCSC1)C1(C)CC1. The molecule has 1 heterocycles.